The van der Waals surface area contributed by atoms with E-state index in [2.05, 4.69) is 52.4 Å². The van der Waals surface area contributed by atoms with Crippen LogP contribution in [-0.2, 0) is 0 Å². The van der Waals surface area contributed by atoms with Gasteiger partial charge in [0.1, 0.15) is 11.6 Å². The quantitative estimate of drug-likeness (QED) is 0.441. The highest BCUT2D eigenvalue weighted by Crippen LogP contribution is 2.39. The van der Waals surface area contributed by atoms with Crippen LogP contribution in [0.15, 0.2) is 78.9 Å². The van der Waals surface area contributed by atoms with E-state index in [-0.39, 0.29) is 23.1 Å². The maximum atomic E-state index is 13.5. The monoisotopic (exact) mass is 475 g/mol. The van der Waals surface area contributed by atoms with Crippen molar-refractivity contribution in [2.45, 2.75) is 50.1 Å². The number of para-hydroxylation sites is 1. The molecule has 1 spiro atoms. The number of rotatable bonds is 7. The van der Waals surface area contributed by atoms with Crippen molar-refractivity contribution < 1.29 is 8.78 Å². The summed E-state index contributed by atoms with van der Waals surface area (Å²) in [4.78, 5) is 5.17. The standard InChI is InChI=1S/C30H35F2N3/c1-23-30(35(22-33-23)28-6-3-2-4-7-28)17-20-34(21-18-30)19-5-8-29(24-9-13-26(31)14-10-24)25-11-15-27(32)16-12-25/h2-4,6-7,9-16,23,29,33H,5,8,17-22H2,1H3. The minimum Gasteiger partial charge on any atom is -0.351 e. The maximum Gasteiger partial charge on any atom is 0.123 e. The van der Waals surface area contributed by atoms with E-state index in [1.807, 2.05) is 24.3 Å². The molecule has 0 aromatic heterocycles. The number of anilines is 1. The third-order valence-electron chi connectivity index (χ3n) is 8.20. The van der Waals surface area contributed by atoms with Crippen molar-refractivity contribution >= 4 is 5.69 Å². The number of hydrogen-bond acceptors (Lipinski definition) is 3. The topological polar surface area (TPSA) is 18.5 Å². The van der Waals surface area contributed by atoms with E-state index in [0.29, 0.717) is 6.04 Å². The highest BCUT2D eigenvalue weighted by molar-refractivity contribution is 5.51. The van der Waals surface area contributed by atoms with Gasteiger partial charge in [-0.25, -0.2) is 8.78 Å². The van der Waals surface area contributed by atoms with E-state index >= 15 is 0 Å². The van der Waals surface area contributed by atoms with Crippen molar-refractivity contribution in [3.8, 4) is 0 Å². The summed E-state index contributed by atoms with van der Waals surface area (Å²) in [6.07, 6.45) is 4.29. The summed E-state index contributed by atoms with van der Waals surface area (Å²) in [5.41, 5.74) is 3.64. The lowest BCUT2D eigenvalue weighted by atomic mass is 9.81. The van der Waals surface area contributed by atoms with Crippen LogP contribution in [-0.4, -0.2) is 42.8 Å². The Labute approximate surface area is 207 Å². The molecule has 2 fully saturated rings. The Morgan fingerprint density at radius 3 is 2.00 bits per heavy atom. The Morgan fingerprint density at radius 1 is 0.857 bits per heavy atom. The number of halogens is 2. The van der Waals surface area contributed by atoms with Gasteiger partial charge in [0.15, 0.2) is 0 Å². The molecule has 184 valence electrons. The smallest absolute Gasteiger partial charge is 0.123 e. The fourth-order valence-corrected chi connectivity index (χ4v) is 6.07. The van der Waals surface area contributed by atoms with Gasteiger partial charge >= 0.3 is 0 Å². The molecule has 5 rings (SSSR count). The Kier molecular flexibility index (Phi) is 7.17. The lowest BCUT2D eigenvalue weighted by Gasteiger charge is -2.47. The Balaban J connectivity index is 1.21. The molecule has 1 N–H and O–H groups in total. The van der Waals surface area contributed by atoms with Crippen molar-refractivity contribution in [1.29, 1.82) is 0 Å². The zero-order chi connectivity index (χ0) is 24.3. The third-order valence-corrected chi connectivity index (χ3v) is 8.20. The first-order valence-electron chi connectivity index (χ1n) is 12.8. The van der Waals surface area contributed by atoms with Gasteiger partial charge in [0.2, 0.25) is 0 Å². The van der Waals surface area contributed by atoms with Gasteiger partial charge in [0.05, 0.1) is 12.2 Å². The van der Waals surface area contributed by atoms with Crippen molar-refractivity contribution in [2.24, 2.45) is 0 Å². The first kappa shape index (κ1) is 24.0. The zero-order valence-electron chi connectivity index (χ0n) is 20.5. The van der Waals surface area contributed by atoms with Crippen LogP contribution >= 0.6 is 0 Å². The average Bonchev–Trinajstić information content (AvgIpc) is 3.20. The Morgan fingerprint density at radius 2 is 1.43 bits per heavy atom. The third kappa shape index (κ3) is 5.12. The molecule has 35 heavy (non-hydrogen) atoms. The lowest BCUT2D eigenvalue weighted by molar-refractivity contribution is 0.150. The second-order valence-electron chi connectivity index (χ2n) is 10.1. The van der Waals surface area contributed by atoms with Crippen LogP contribution in [0.1, 0.15) is 49.7 Å². The summed E-state index contributed by atoms with van der Waals surface area (Å²) >= 11 is 0. The van der Waals surface area contributed by atoms with Crippen LogP contribution in [0.5, 0.6) is 0 Å². The second kappa shape index (κ2) is 10.5. The summed E-state index contributed by atoms with van der Waals surface area (Å²) < 4.78 is 27.1. The molecule has 0 radical (unpaired) electrons. The molecule has 0 aliphatic carbocycles. The Bertz CT molecular complexity index is 1030. The molecule has 5 heteroatoms. The fourth-order valence-electron chi connectivity index (χ4n) is 6.07. The second-order valence-corrected chi connectivity index (χ2v) is 10.1. The van der Waals surface area contributed by atoms with Gasteiger partial charge in [-0.15, -0.1) is 0 Å². The largest absolute Gasteiger partial charge is 0.351 e. The normalized spacial score (nSPS) is 20.1. The van der Waals surface area contributed by atoms with Gasteiger partial charge in [-0.2, -0.15) is 0 Å². The van der Waals surface area contributed by atoms with E-state index in [1.165, 1.54) is 30.0 Å². The first-order valence-corrected chi connectivity index (χ1v) is 12.8. The molecular weight excluding hydrogens is 440 g/mol. The molecule has 3 aromatic rings. The summed E-state index contributed by atoms with van der Waals surface area (Å²) in [7, 11) is 0. The molecule has 1 unspecified atom stereocenters. The summed E-state index contributed by atoms with van der Waals surface area (Å²) in [6.45, 7) is 6.46. The molecule has 2 heterocycles. The number of nitrogens with one attached hydrogen (secondary N) is 1. The number of benzene rings is 3. The van der Waals surface area contributed by atoms with E-state index < -0.39 is 0 Å². The van der Waals surface area contributed by atoms with Crippen LogP contribution in [0, 0.1) is 11.6 Å². The highest BCUT2D eigenvalue weighted by atomic mass is 19.1. The van der Waals surface area contributed by atoms with E-state index in [9.17, 15) is 8.78 Å². The number of hydrogen-bond donors (Lipinski definition) is 1. The molecule has 1 atom stereocenters. The molecule has 0 bridgehead atoms. The van der Waals surface area contributed by atoms with Crippen LogP contribution in [0.25, 0.3) is 0 Å². The van der Waals surface area contributed by atoms with Crippen LogP contribution in [0.3, 0.4) is 0 Å². The minimum atomic E-state index is -0.228. The molecule has 3 nitrogen and oxygen atoms in total. The van der Waals surface area contributed by atoms with Gasteiger partial charge < -0.3 is 9.80 Å². The van der Waals surface area contributed by atoms with Gasteiger partial charge in [0, 0.05) is 30.7 Å². The summed E-state index contributed by atoms with van der Waals surface area (Å²) in [6, 6.07) is 24.8. The van der Waals surface area contributed by atoms with Crippen molar-refractivity contribution in [2.75, 3.05) is 31.2 Å². The summed E-state index contributed by atoms with van der Waals surface area (Å²) in [5, 5.41) is 3.70. The van der Waals surface area contributed by atoms with Gasteiger partial charge in [-0.05, 0) is 86.7 Å². The predicted octanol–water partition coefficient (Wildman–Crippen LogP) is 6.17. The van der Waals surface area contributed by atoms with Crippen molar-refractivity contribution in [3.05, 3.63) is 102 Å². The molecule has 2 aliphatic rings. The molecular formula is C30H35F2N3. The van der Waals surface area contributed by atoms with E-state index in [4.69, 9.17) is 0 Å². The number of piperidine rings is 1. The average molecular weight is 476 g/mol. The molecule has 2 saturated heterocycles. The number of nitrogens with zero attached hydrogens (tertiary/aromatic N) is 2. The van der Waals surface area contributed by atoms with Crippen LogP contribution in [0.2, 0.25) is 0 Å². The summed E-state index contributed by atoms with van der Waals surface area (Å²) in [5.74, 6) is -0.317. The highest BCUT2D eigenvalue weighted by Gasteiger charge is 2.48. The Hall–Kier alpha value is -2.76. The minimum absolute atomic E-state index is 0.139. The van der Waals surface area contributed by atoms with Crippen LogP contribution in [0.4, 0.5) is 14.5 Å². The van der Waals surface area contributed by atoms with Gasteiger partial charge in [-0.1, -0.05) is 42.5 Å². The predicted molar refractivity (Wildman–Crippen MR) is 139 cm³/mol. The van der Waals surface area contributed by atoms with E-state index in [1.54, 1.807) is 0 Å². The molecule has 0 amide bonds. The van der Waals surface area contributed by atoms with Crippen LogP contribution < -0.4 is 10.2 Å². The first-order chi connectivity index (χ1) is 17.0. The number of likely N-dealkylation sites (tertiary alicyclic amines) is 1. The lowest BCUT2D eigenvalue weighted by Crippen LogP contribution is -2.57. The molecule has 2 aliphatic heterocycles. The van der Waals surface area contributed by atoms with E-state index in [0.717, 1.165) is 63.1 Å². The van der Waals surface area contributed by atoms with Gasteiger partial charge in [-0.3, -0.25) is 5.32 Å². The van der Waals surface area contributed by atoms with Crippen molar-refractivity contribution in [1.82, 2.24) is 10.2 Å². The fraction of sp³-hybridized carbons (Fsp3) is 0.400. The maximum absolute atomic E-state index is 13.5. The SMILES string of the molecule is CC1NCN(c2ccccc2)C12CCN(CCCC(c1ccc(F)cc1)c1ccc(F)cc1)CC2. The molecule has 0 saturated carbocycles. The molecule has 3 aromatic carbocycles. The van der Waals surface area contributed by atoms with Crippen molar-refractivity contribution in [3.63, 3.8) is 0 Å². The zero-order valence-corrected chi connectivity index (χ0v) is 20.5. The van der Waals surface area contributed by atoms with Gasteiger partial charge in [0.25, 0.3) is 0 Å².